The molecule has 0 atom stereocenters. The molecular formula is C16H16BrNO4. The Balaban J connectivity index is 1.99. The fourth-order valence-corrected chi connectivity index (χ4v) is 2.78. The van der Waals surface area contributed by atoms with Gasteiger partial charge in [0.15, 0.2) is 17.8 Å². The van der Waals surface area contributed by atoms with E-state index in [9.17, 15) is 0 Å². The maximum atomic E-state index is 5.87. The zero-order chi connectivity index (χ0) is 15.5. The smallest absolute Gasteiger partial charge is 0.219 e. The molecule has 1 fully saturated rings. The topological polar surface area (TPSA) is 49.8 Å². The Hall–Kier alpha value is -1.63. The maximum Gasteiger partial charge on any atom is 0.219 e. The van der Waals surface area contributed by atoms with E-state index >= 15 is 0 Å². The molecule has 1 aliphatic rings. The molecular weight excluding hydrogens is 350 g/mol. The lowest BCUT2D eigenvalue weighted by molar-refractivity contribution is -0.0461. The van der Waals surface area contributed by atoms with Crippen LogP contribution in [0.3, 0.4) is 0 Å². The van der Waals surface area contributed by atoms with Crippen molar-refractivity contribution in [1.29, 1.82) is 0 Å². The molecule has 5 nitrogen and oxygen atoms in total. The number of methoxy groups -OCH3 is 1. The van der Waals surface area contributed by atoms with Gasteiger partial charge in [0, 0.05) is 16.2 Å². The Labute approximate surface area is 137 Å². The second kappa shape index (κ2) is 6.64. The molecule has 1 aromatic carbocycles. The molecule has 1 saturated heterocycles. The number of nitrogens with zero attached hydrogens (tertiary/aromatic N) is 1. The second-order valence-electron chi connectivity index (χ2n) is 4.79. The van der Waals surface area contributed by atoms with Crippen molar-refractivity contribution in [2.45, 2.75) is 13.2 Å². The molecule has 0 amide bonds. The van der Waals surface area contributed by atoms with Crippen LogP contribution in [0.25, 0.3) is 0 Å². The van der Waals surface area contributed by atoms with Crippen LogP contribution in [-0.2, 0) is 9.47 Å². The molecule has 1 aliphatic heterocycles. The van der Waals surface area contributed by atoms with E-state index in [4.69, 9.17) is 18.9 Å². The molecule has 116 valence electrons. The monoisotopic (exact) mass is 365 g/mol. The molecule has 0 radical (unpaired) electrons. The lowest BCUT2D eigenvalue weighted by Crippen LogP contribution is -2.04. The van der Waals surface area contributed by atoms with Crippen LogP contribution in [-0.4, -0.2) is 25.3 Å². The lowest BCUT2D eigenvalue weighted by Gasteiger charge is -2.18. The predicted octanol–water partition coefficient (Wildman–Crippen LogP) is 4.00. The fourth-order valence-electron chi connectivity index (χ4n) is 2.28. The highest BCUT2D eigenvalue weighted by atomic mass is 79.9. The highest BCUT2D eigenvalue weighted by molar-refractivity contribution is 9.10. The summed E-state index contributed by atoms with van der Waals surface area (Å²) in [5, 5.41) is 0. The van der Waals surface area contributed by atoms with Gasteiger partial charge in [-0.15, -0.1) is 0 Å². The van der Waals surface area contributed by atoms with Crippen molar-refractivity contribution < 1.29 is 18.9 Å². The summed E-state index contributed by atoms with van der Waals surface area (Å²) in [6.07, 6.45) is -0.460. The standard InChI is InChI=1S/C16H16BrNO4/c1-10-4-3-5-13(18-10)22-12-7-6-11(17)14(15(12)19-2)16-20-8-9-21-16/h3-7,16H,8-9H2,1-2H3. The number of pyridine rings is 1. The third-order valence-corrected chi connectivity index (χ3v) is 3.94. The minimum Gasteiger partial charge on any atom is -0.492 e. The summed E-state index contributed by atoms with van der Waals surface area (Å²) >= 11 is 3.52. The van der Waals surface area contributed by atoms with Crippen molar-refractivity contribution in [2.75, 3.05) is 20.3 Å². The summed E-state index contributed by atoms with van der Waals surface area (Å²) in [7, 11) is 1.59. The van der Waals surface area contributed by atoms with Crippen molar-refractivity contribution >= 4 is 15.9 Å². The van der Waals surface area contributed by atoms with E-state index in [0.29, 0.717) is 30.6 Å². The first kappa shape index (κ1) is 15.3. The molecule has 0 aliphatic carbocycles. The summed E-state index contributed by atoms with van der Waals surface area (Å²) in [5.41, 5.74) is 1.67. The number of aromatic nitrogens is 1. The van der Waals surface area contributed by atoms with Gasteiger partial charge in [-0.1, -0.05) is 22.0 Å². The number of aryl methyl sites for hydroxylation is 1. The van der Waals surface area contributed by atoms with Crippen molar-refractivity contribution in [3.63, 3.8) is 0 Å². The van der Waals surface area contributed by atoms with E-state index in [2.05, 4.69) is 20.9 Å². The first-order valence-corrected chi connectivity index (χ1v) is 7.69. The van der Waals surface area contributed by atoms with Crippen LogP contribution in [0, 0.1) is 6.92 Å². The van der Waals surface area contributed by atoms with Gasteiger partial charge >= 0.3 is 0 Å². The van der Waals surface area contributed by atoms with E-state index in [1.54, 1.807) is 13.2 Å². The lowest BCUT2D eigenvalue weighted by atomic mass is 10.1. The Morgan fingerprint density at radius 2 is 1.95 bits per heavy atom. The van der Waals surface area contributed by atoms with Crippen LogP contribution >= 0.6 is 15.9 Å². The van der Waals surface area contributed by atoms with Crippen LogP contribution in [0.2, 0.25) is 0 Å². The average molecular weight is 366 g/mol. The SMILES string of the molecule is COc1c(Oc2cccc(C)n2)ccc(Br)c1C1OCCO1. The van der Waals surface area contributed by atoms with Crippen molar-refractivity contribution in [3.8, 4) is 17.4 Å². The minimum absolute atomic E-state index is 0.460. The molecule has 2 aromatic rings. The highest BCUT2D eigenvalue weighted by Crippen LogP contribution is 2.43. The summed E-state index contributed by atoms with van der Waals surface area (Å²) in [6.45, 7) is 3.03. The van der Waals surface area contributed by atoms with E-state index in [1.807, 2.05) is 31.2 Å². The van der Waals surface area contributed by atoms with Crippen LogP contribution in [0.4, 0.5) is 0 Å². The van der Waals surface area contributed by atoms with Crippen LogP contribution in [0.15, 0.2) is 34.8 Å². The van der Waals surface area contributed by atoms with Crippen molar-refractivity contribution in [3.05, 3.63) is 46.1 Å². The maximum absolute atomic E-state index is 5.87. The van der Waals surface area contributed by atoms with Gasteiger partial charge in [0.25, 0.3) is 0 Å². The first-order chi connectivity index (χ1) is 10.7. The Morgan fingerprint density at radius 3 is 2.64 bits per heavy atom. The largest absolute Gasteiger partial charge is 0.492 e. The van der Waals surface area contributed by atoms with Crippen molar-refractivity contribution in [2.24, 2.45) is 0 Å². The van der Waals surface area contributed by atoms with Gasteiger partial charge in [-0.05, 0) is 25.1 Å². The molecule has 0 bridgehead atoms. The number of hydrogen-bond donors (Lipinski definition) is 0. The Kier molecular flexibility index (Phi) is 4.61. The van der Waals surface area contributed by atoms with Crippen LogP contribution in [0.1, 0.15) is 17.5 Å². The fraction of sp³-hybridized carbons (Fsp3) is 0.312. The zero-order valence-electron chi connectivity index (χ0n) is 12.3. The summed E-state index contributed by atoms with van der Waals surface area (Å²) in [6, 6.07) is 9.32. The van der Waals surface area contributed by atoms with Gasteiger partial charge in [0.2, 0.25) is 5.88 Å². The van der Waals surface area contributed by atoms with Crippen molar-refractivity contribution in [1.82, 2.24) is 4.98 Å². The minimum atomic E-state index is -0.460. The quantitative estimate of drug-likeness (QED) is 0.819. The number of benzene rings is 1. The van der Waals surface area contributed by atoms with Gasteiger partial charge in [0.05, 0.1) is 25.9 Å². The molecule has 6 heteroatoms. The Bertz CT molecular complexity index is 671. The summed E-state index contributed by atoms with van der Waals surface area (Å²) in [4.78, 5) is 4.34. The predicted molar refractivity (Wildman–Crippen MR) is 84.4 cm³/mol. The first-order valence-electron chi connectivity index (χ1n) is 6.90. The third-order valence-electron chi connectivity index (χ3n) is 3.25. The second-order valence-corrected chi connectivity index (χ2v) is 5.64. The van der Waals surface area contributed by atoms with Gasteiger partial charge in [-0.25, -0.2) is 4.98 Å². The van der Waals surface area contributed by atoms with Gasteiger partial charge in [-0.2, -0.15) is 0 Å². The molecule has 0 N–H and O–H groups in total. The number of rotatable bonds is 4. The third kappa shape index (κ3) is 3.09. The number of ether oxygens (including phenoxy) is 4. The molecule has 22 heavy (non-hydrogen) atoms. The molecule has 2 heterocycles. The molecule has 0 spiro atoms. The summed E-state index contributed by atoms with van der Waals surface area (Å²) < 4.78 is 23.4. The van der Waals surface area contributed by atoms with Gasteiger partial charge in [0.1, 0.15) is 0 Å². The number of hydrogen-bond acceptors (Lipinski definition) is 5. The molecule has 3 rings (SSSR count). The van der Waals surface area contributed by atoms with Crippen LogP contribution < -0.4 is 9.47 Å². The van der Waals surface area contributed by atoms with E-state index in [0.717, 1.165) is 15.7 Å². The normalized spacial score (nSPS) is 15.0. The van der Waals surface area contributed by atoms with Crippen LogP contribution in [0.5, 0.6) is 17.4 Å². The summed E-state index contributed by atoms with van der Waals surface area (Å²) in [5.74, 6) is 1.65. The highest BCUT2D eigenvalue weighted by Gasteiger charge is 2.27. The van der Waals surface area contributed by atoms with Gasteiger partial charge in [-0.3, -0.25) is 0 Å². The zero-order valence-corrected chi connectivity index (χ0v) is 13.9. The Morgan fingerprint density at radius 1 is 1.18 bits per heavy atom. The van der Waals surface area contributed by atoms with E-state index in [1.165, 1.54) is 0 Å². The number of halogens is 1. The molecule has 0 unspecified atom stereocenters. The average Bonchev–Trinajstić information content (AvgIpc) is 3.02. The van der Waals surface area contributed by atoms with Gasteiger partial charge < -0.3 is 18.9 Å². The van der Waals surface area contributed by atoms with E-state index in [-0.39, 0.29) is 0 Å². The molecule has 0 saturated carbocycles. The van der Waals surface area contributed by atoms with E-state index < -0.39 is 6.29 Å². The molecule has 1 aromatic heterocycles.